The number of benzene rings is 2. The van der Waals surface area contributed by atoms with Crippen molar-refractivity contribution in [1.82, 2.24) is 5.32 Å². The molecular formula is C16H11ClN2OS. The summed E-state index contributed by atoms with van der Waals surface area (Å²) in [4.78, 5) is 13.3. The van der Waals surface area contributed by atoms with Crippen LogP contribution >= 0.6 is 22.9 Å². The van der Waals surface area contributed by atoms with Crippen molar-refractivity contribution in [2.75, 3.05) is 5.32 Å². The average molecular weight is 315 g/mol. The molecule has 1 aromatic heterocycles. The maximum absolute atomic E-state index is 12.2. The average Bonchev–Trinajstić information content (AvgIpc) is 2.92. The molecule has 1 atom stereocenters. The molecular weight excluding hydrogens is 304 g/mol. The van der Waals surface area contributed by atoms with Gasteiger partial charge in [0.1, 0.15) is 6.17 Å². The van der Waals surface area contributed by atoms with Crippen molar-refractivity contribution in [3.63, 3.8) is 0 Å². The van der Waals surface area contributed by atoms with Gasteiger partial charge in [-0.25, -0.2) is 0 Å². The van der Waals surface area contributed by atoms with Gasteiger partial charge >= 0.3 is 0 Å². The predicted octanol–water partition coefficient (Wildman–Crippen LogP) is 4.41. The van der Waals surface area contributed by atoms with Crippen LogP contribution in [0.15, 0.2) is 48.5 Å². The zero-order valence-corrected chi connectivity index (χ0v) is 12.5. The molecule has 0 saturated carbocycles. The molecule has 2 N–H and O–H groups in total. The number of rotatable bonds is 1. The smallest absolute Gasteiger partial charge is 0.255 e. The molecule has 0 spiro atoms. The number of thiophene rings is 1. The molecule has 21 heavy (non-hydrogen) atoms. The van der Waals surface area contributed by atoms with E-state index >= 15 is 0 Å². The van der Waals surface area contributed by atoms with Crippen LogP contribution in [0.1, 0.15) is 21.4 Å². The van der Waals surface area contributed by atoms with Crippen molar-refractivity contribution >= 4 is 44.6 Å². The molecule has 1 aliphatic heterocycles. The maximum atomic E-state index is 12.2. The molecule has 5 heteroatoms. The molecule has 1 aliphatic rings. The van der Waals surface area contributed by atoms with Gasteiger partial charge in [-0.3, -0.25) is 4.79 Å². The van der Waals surface area contributed by atoms with Gasteiger partial charge in [-0.1, -0.05) is 29.8 Å². The standard InChI is InChI=1S/C16H11ClN2OS/c17-10-5-6-12-11(8-10)16(20)19-15(18-12)14-7-9-3-1-2-4-13(9)21-14/h1-8,15,18H,(H,19,20). The quantitative estimate of drug-likeness (QED) is 0.698. The number of amides is 1. The van der Waals surface area contributed by atoms with E-state index in [4.69, 9.17) is 11.6 Å². The van der Waals surface area contributed by atoms with Crippen LogP contribution in [-0.4, -0.2) is 5.91 Å². The Labute approximate surface area is 130 Å². The van der Waals surface area contributed by atoms with E-state index < -0.39 is 0 Å². The minimum Gasteiger partial charge on any atom is -0.360 e. The fourth-order valence-electron chi connectivity index (χ4n) is 2.52. The van der Waals surface area contributed by atoms with Gasteiger partial charge in [-0.2, -0.15) is 0 Å². The van der Waals surface area contributed by atoms with Gasteiger partial charge in [-0.05, 0) is 35.7 Å². The third-order valence-corrected chi connectivity index (χ3v) is 4.95. The maximum Gasteiger partial charge on any atom is 0.255 e. The fourth-order valence-corrected chi connectivity index (χ4v) is 3.76. The van der Waals surface area contributed by atoms with Gasteiger partial charge in [0.05, 0.1) is 5.56 Å². The highest BCUT2D eigenvalue weighted by Crippen LogP contribution is 2.34. The number of hydrogen-bond acceptors (Lipinski definition) is 3. The summed E-state index contributed by atoms with van der Waals surface area (Å²) >= 11 is 7.62. The van der Waals surface area contributed by atoms with E-state index in [1.54, 1.807) is 23.5 Å². The van der Waals surface area contributed by atoms with Crippen molar-refractivity contribution in [1.29, 1.82) is 0 Å². The highest BCUT2D eigenvalue weighted by molar-refractivity contribution is 7.19. The highest BCUT2D eigenvalue weighted by atomic mass is 35.5. The largest absolute Gasteiger partial charge is 0.360 e. The molecule has 4 rings (SSSR count). The molecule has 0 fully saturated rings. The Morgan fingerprint density at radius 3 is 2.76 bits per heavy atom. The number of halogens is 1. The third kappa shape index (κ3) is 2.17. The Kier molecular flexibility index (Phi) is 2.87. The predicted molar refractivity (Wildman–Crippen MR) is 87.1 cm³/mol. The summed E-state index contributed by atoms with van der Waals surface area (Å²) in [5, 5.41) is 8.08. The number of carbonyl (C=O) groups is 1. The fraction of sp³-hybridized carbons (Fsp3) is 0.0625. The first-order valence-electron chi connectivity index (χ1n) is 6.56. The van der Waals surface area contributed by atoms with Gasteiger partial charge in [0.25, 0.3) is 5.91 Å². The minimum atomic E-state index is -0.205. The second-order valence-corrected chi connectivity index (χ2v) is 6.48. The molecule has 104 valence electrons. The monoisotopic (exact) mass is 314 g/mol. The molecule has 3 nitrogen and oxygen atoms in total. The molecule has 0 saturated heterocycles. The molecule has 2 heterocycles. The molecule has 0 bridgehead atoms. The number of fused-ring (bicyclic) bond motifs is 2. The van der Waals surface area contributed by atoms with E-state index in [9.17, 15) is 4.79 Å². The van der Waals surface area contributed by atoms with E-state index in [-0.39, 0.29) is 12.1 Å². The lowest BCUT2D eigenvalue weighted by Crippen LogP contribution is -2.37. The second kappa shape index (κ2) is 4.76. The van der Waals surface area contributed by atoms with Crippen LogP contribution in [0.5, 0.6) is 0 Å². The van der Waals surface area contributed by atoms with E-state index in [0.29, 0.717) is 10.6 Å². The number of nitrogens with one attached hydrogen (secondary N) is 2. The first kappa shape index (κ1) is 12.7. The first-order valence-corrected chi connectivity index (χ1v) is 7.75. The number of carbonyl (C=O) groups excluding carboxylic acids is 1. The van der Waals surface area contributed by atoms with Crippen LogP contribution in [0.25, 0.3) is 10.1 Å². The summed E-state index contributed by atoms with van der Waals surface area (Å²) in [7, 11) is 0. The Balaban J connectivity index is 1.74. The van der Waals surface area contributed by atoms with Crippen molar-refractivity contribution < 1.29 is 4.79 Å². The van der Waals surface area contributed by atoms with Gasteiger partial charge in [0.15, 0.2) is 0 Å². The third-order valence-electron chi connectivity index (χ3n) is 3.53. The van der Waals surface area contributed by atoms with Gasteiger partial charge < -0.3 is 10.6 Å². The van der Waals surface area contributed by atoms with E-state index in [1.165, 1.54) is 10.1 Å². The Bertz CT molecular complexity index is 825. The van der Waals surface area contributed by atoms with Crippen molar-refractivity contribution in [2.45, 2.75) is 6.17 Å². The summed E-state index contributed by atoms with van der Waals surface area (Å²) in [6.07, 6.45) is -0.205. The zero-order valence-electron chi connectivity index (χ0n) is 10.9. The van der Waals surface area contributed by atoms with Crippen LogP contribution in [0.4, 0.5) is 5.69 Å². The lowest BCUT2D eigenvalue weighted by atomic mass is 10.1. The minimum absolute atomic E-state index is 0.103. The molecule has 3 aromatic rings. The first-order chi connectivity index (χ1) is 10.2. The summed E-state index contributed by atoms with van der Waals surface area (Å²) in [6, 6.07) is 15.6. The molecule has 1 unspecified atom stereocenters. The lowest BCUT2D eigenvalue weighted by molar-refractivity contribution is 0.0936. The van der Waals surface area contributed by atoms with Gasteiger partial charge in [0, 0.05) is 20.3 Å². The topological polar surface area (TPSA) is 41.1 Å². The highest BCUT2D eigenvalue weighted by Gasteiger charge is 2.25. The van der Waals surface area contributed by atoms with Crippen LogP contribution in [-0.2, 0) is 0 Å². The summed E-state index contributed by atoms with van der Waals surface area (Å²) in [5.74, 6) is -0.103. The van der Waals surface area contributed by atoms with Crippen LogP contribution < -0.4 is 10.6 Å². The molecule has 0 aliphatic carbocycles. The Morgan fingerprint density at radius 2 is 1.90 bits per heavy atom. The van der Waals surface area contributed by atoms with Crippen LogP contribution in [0.2, 0.25) is 5.02 Å². The molecule has 1 amide bonds. The molecule has 0 radical (unpaired) electrons. The normalized spacial score (nSPS) is 17.2. The summed E-state index contributed by atoms with van der Waals surface area (Å²) in [5.41, 5.74) is 1.39. The Morgan fingerprint density at radius 1 is 1.05 bits per heavy atom. The zero-order chi connectivity index (χ0) is 14.4. The van der Waals surface area contributed by atoms with E-state index in [2.05, 4.69) is 28.8 Å². The Hall–Kier alpha value is -2.04. The SMILES string of the molecule is O=C1NC(c2cc3ccccc3s2)Nc2ccc(Cl)cc21. The number of hydrogen-bond donors (Lipinski definition) is 2. The molecule has 2 aromatic carbocycles. The van der Waals surface area contributed by atoms with Crippen molar-refractivity contribution in [3.8, 4) is 0 Å². The van der Waals surface area contributed by atoms with Crippen LogP contribution in [0, 0.1) is 0 Å². The number of anilines is 1. The van der Waals surface area contributed by atoms with Gasteiger partial charge in [-0.15, -0.1) is 11.3 Å². The van der Waals surface area contributed by atoms with E-state index in [1.807, 2.05) is 18.2 Å². The summed E-state index contributed by atoms with van der Waals surface area (Å²) < 4.78 is 1.21. The second-order valence-electron chi connectivity index (χ2n) is 4.93. The van der Waals surface area contributed by atoms with Crippen molar-refractivity contribution in [3.05, 3.63) is 64.0 Å². The van der Waals surface area contributed by atoms with Crippen LogP contribution in [0.3, 0.4) is 0 Å². The lowest BCUT2D eigenvalue weighted by Gasteiger charge is -2.27. The summed E-state index contributed by atoms with van der Waals surface area (Å²) in [6.45, 7) is 0. The van der Waals surface area contributed by atoms with E-state index in [0.717, 1.165) is 10.6 Å². The van der Waals surface area contributed by atoms with Crippen molar-refractivity contribution in [2.24, 2.45) is 0 Å². The van der Waals surface area contributed by atoms with Gasteiger partial charge in [0.2, 0.25) is 0 Å².